The van der Waals surface area contributed by atoms with Crippen LogP contribution >= 0.6 is 34.4 Å². The van der Waals surface area contributed by atoms with Crippen molar-refractivity contribution in [3.8, 4) is 11.5 Å². The lowest BCUT2D eigenvalue weighted by Crippen LogP contribution is -2.36. The highest BCUT2D eigenvalue weighted by Crippen LogP contribution is 2.37. The van der Waals surface area contributed by atoms with Gasteiger partial charge >= 0.3 is 0 Å². The molecule has 0 spiro atoms. The van der Waals surface area contributed by atoms with Gasteiger partial charge < -0.3 is 20.1 Å². The van der Waals surface area contributed by atoms with Gasteiger partial charge in [-0.25, -0.2) is 0 Å². The minimum atomic E-state index is -0.556. The number of hydrogen-bond donors (Lipinski definition) is 2. The van der Waals surface area contributed by atoms with Crippen molar-refractivity contribution in [3.05, 3.63) is 86.8 Å². The Kier molecular flexibility index (Phi) is 9.60. The maximum atomic E-state index is 12.9. The number of benzene rings is 3. The maximum absolute atomic E-state index is 12.9. The second kappa shape index (κ2) is 13.3. The molecule has 0 radical (unpaired) electrons. The first-order valence-electron chi connectivity index (χ1n) is 11.9. The molecule has 0 unspecified atom stereocenters. The Bertz CT molecular complexity index is 1420. The summed E-state index contributed by atoms with van der Waals surface area (Å²) in [5.41, 5.74) is 1.83. The number of anilines is 2. The van der Waals surface area contributed by atoms with E-state index in [1.165, 1.54) is 0 Å². The van der Waals surface area contributed by atoms with Gasteiger partial charge in [-0.1, -0.05) is 36.4 Å². The lowest BCUT2D eigenvalue weighted by Gasteiger charge is -2.15. The molecule has 1 saturated heterocycles. The summed E-state index contributed by atoms with van der Waals surface area (Å²) in [7, 11) is 0. The SMILES string of the molecule is CCOc1cc(/C=C2\SC(=O)N(CC(=O)Nc3ccccc3)C2=O)cc(I)c1OCC(=O)Nc1ccccc1. The summed E-state index contributed by atoms with van der Waals surface area (Å²) in [4.78, 5) is 51.3. The molecule has 4 rings (SSSR count). The van der Waals surface area contributed by atoms with E-state index in [0.717, 1.165) is 16.7 Å². The van der Waals surface area contributed by atoms with Crippen molar-refractivity contribution in [1.29, 1.82) is 0 Å². The third-order valence-corrected chi connectivity index (χ3v) is 6.98. The molecule has 11 heteroatoms. The third kappa shape index (κ3) is 7.60. The van der Waals surface area contributed by atoms with Gasteiger partial charge in [0.25, 0.3) is 17.1 Å². The summed E-state index contributed by atoms with van der Waals surface area (Å²) in [6.45, 7) is 1.54. The number of imide groups is 1. The molecule has 0 bridgehead atoms. The average Bonchev–Trinajstić information content (AvgIpc) is 3.16. The van der Waals surface area contributed by atoms with Crippen LogP contribution < -0.4 is 20.1 Å². The van der Waals surface area contributed by atoms with E-state index in [1.54, 1.807) is 54.6 Å². The molecule has 0 aromatic heterocycles. The Morgan fingerprint density at radius 2 is 1.54 bits per heavy atom. The van der Waals surface area contributed by atoms with Crippen LogP contribution in [0.1, 0.15) is 12.5 Å². The molecule has 3 aromatic carbocycles. The Morgan fingerprint density at radius 3 is 2.15 bits per heavy atom. The van der Waals surface area contributed by atoms with E-state index in [9.17, 15) is 19.2 Å². The number of nitrogens with one attached hydrogen (secondary N) is 2. The number of halogens is 1. The van der Waals surface area contributed by atoms with Crippen LogP contribution in [-0.4, -0.2) is 47.6 Å². The molecule has 0 aliphatic carbocycles. The lowest BCUT2D eigenvalue weighted by molar-refractivity contribution is -0.127. The van der Waals surface area contributed by atoms with Gasteiger partial charge in [0.1, 0.15) is 6.54 Å². The lowest BCUT2D eigenvalue weighted by atomic mass is 10.2. The van der Waals surface area contributed by atoms with Crippen LogP contribution in [0.3, 0.4) is 0 Å². The van der Waals surface area contributed by atoms with Gasteiger partial charge in [0, 0.05) is 11.4 Å². The summed E-state index contributed by atoms with van der Waals surface area (Å²) in [6.07, 6.45) is 1.57. The highest BCUT2D eigenvalue weighted by atomic mass is 127. The standard InChI is InChI=1S/C28H24IN3O6S/c1-2-37-22-14-18(13-21(29)26(22)38-17-25(34)31-20-11-7-4-8-12-20)15-23-27(35)32(28(36)39-23)16-24(33)30-19-9-5-3-6-10-19/h3-15H,2,16-17H2,1H3,(H,30,33)(H,31,34)/b23-15-. The fourth-order valence-electron chi connectivity index (χ4n) is 3.58. The van der Waals surface area contributed by atoms with E-state index in [0.29, 0.717) is 38.6 Å². The van der Waals surface area contributed by atoms with Crippen LogP contribution in [0.4, 0.5) is 16.2 Å². The minimum absolute atomic E-state index is 0.182. The molecule has 2 N–H and O–H groups in total. The van der Waals surface area contributed by atoms with Crippen LogP contribution in [0.5, 0.6) is 11.5 Å². The summed E-state index contributed by atoms with van der Waals surface area (Å²) in [6, 6.07) is 21.3. The zero-order valence-electron chi connectivity index (χ0n) is 20.8. The largest absolute Gasteiger partial charge is 0.490 e. The molecule has 0 atom stereocenters. The highest BCUT2D eigenvalue weighted by molar-refractivity contribution is 14.1. The van der Waals surface area contributed by atoms with E-state index in [4.69, 9.17) is 9.47 Å². The molecule has 1 fully saturated rings. The molecule has 1 aliphatic rings. The molecule has 4 amide bonds. The van der Waals surface area contributed by atoms with Gasteiger partial charge in [0.15, 0.2) is 18.1 Å². The Hall–Kier alpha value is -3.84. The normalized spacial score (nSPS) is 13.9. The quantitative estimate of drug-likeness (QED) is 0.222. The molecule has 1 heterocycles. The number of hydrogen-bond acceptors (Lipinski definition) is 7. The molecular formula is C28H24IN3O6S. The predicted octanol–water partition coefficient (Wildman–Crippen LogP) is 5.38. The summed E-state index contributed by atoms with van der Waals surface area (Å²) < 4.78 is 12.2. The van der Waals surface area contributed by atoms with E-state index >= 15 is 0 Å². The average molecular weight is 657 g/mol. The zero-order valence-corrected chi connectivity index (χ0v) is 23.8. The minimum Gasteiger partial charge on any atom is -0.490 e. The number of ether oxygens (including phenoxy) is 2. The molecule has 1 aliphatic heterocycles. The van der Waals surface area contributed by atoms with Crippen LogP contribution in [0.15, 0.2) is 77.7 Å². The van der Waals surface area contributed by atoms with E-state index < -0.39 is 23.6 Å². The first-order valence-corrected chi connectivity index (χ1v) is 13.8. The number of para-hydroxylation sites is 2. The van der Waals surface area contributed by atoms with Crippen molar-refractivity contribution in [2.24, 2.45) is 0 Å². The van der Waals surface area contributed by atoms with Gasteiger partial charge in [-0.2, -0.15) is 0 Å². The van der Waals surface area contributed by atoms with Gasteiger partial charge in [0.05, 0.1) is 15.1 Å². The van der Waals surface area contributed by atoms with Crippen molar-refractivity contribution in [2.45, 2.75) is 6.92 Å². The monoisotopic (exact) mass is 657 g/mol. The molecule has 3 aromatic rings. The van der Waals surface area contributed by atoms with Gasteiger partial charge in [-0.15, -0.1) is 0 Å². The Balaban J connectivity index is 1.45. The predicted molar refractivity (Wildman–Crippen MR) is 159 cm³/mol. The molecule has 200 valence electrons. The van der Waals surface area contributed by atoms with Crippen LogP contribution in [0.2, 0.25) is 0 Å². The first kappa shape index (κ1) is 28.2. The first-order chi connectivity index (χ1) is 18.8. The van der Waals surface area contributed by atoms with Crippen molar-refractivity contribution >= 4 is 74.8 Å². The van der Waals surface area contributed by atoms with Crippen LogP contribution in [0.25, 0.3) is 6.08 Å². The molecular weight excluding hydrogens is 633 g/mol. The van der Waals surface area contributed by atoms with Gasteiger partial charge in [-0.05, 0) is 89.3 Å². The zero-order chi connectivity index (χ0) is 27.8. The fourth-order valence-corrected chi connectivity index (χ4v) is 5.20. The fraction of sp³-hybridized carbons (Fsp3) is 0.143. The number of carbonyl (C=O) groups excluding carboxylic acids is 4. The number of thioether (sulfide) groups is 1. The van der Waals surface area contributed by atoms with E-state index in [1.807, 2.05) is 31.2 Å². The van der Waals surface area contributed by atoms with E-state index in [-0.39, 0.29) is 17.4 Å². The number of rotatable bonds is 10. The summed E-state index contributed by atoms with van der Waals surface area (Å²) in [5, 5.41) is 4.90. The summed E-state index contributed by atoms with van der Waals surface area (Å²) in [5.74, 6) is -0.573. The van der Waals surface area contributed by atoms with Gasteiger partial charge in [0.2, 0.25) is 5.91 Å². The second-order valence-corrected chi connectivity index (χ2v) is 10.3. The van der Waals surface area contributed by atoms with Crippen LogP contribution in [-0.2, 0) is 14.4 Å². The van der Waals surface area contributed by atoms with Crippen molar-refractivity contribution in [3.63, 3.8) is 0 Å². The van der Waals surface area contributed by atoms with Crippen molar-refractivity contribution in [1.82, 2.24) is 4.90 Å². The topological polar surface area (TPSA) is 114 Å². The Morgan fingerprint density at radius 1 is 0.923 bits per heavy atom. The third-order valence-electron chi connectivity index (χ3n) is 5.27. The summed E-state index contributed by atoms with van der Waals surface area (Å²) >= 11 is 2.82. The maximum Gasteiger partial charge on any atom is 0.294 e. The number of amides is 4. The number of carbonyl (C=O) groups is 4. The smallest absolute Gasteiger partial charge is 0.294 e. The molecule has 39 heavy (non-hydrogen) atoms. The van der Waals surface area contributed by atoms with Gasteiger partial charge in [-0.3, -0.25) is 24.1 Å². The highest BCUT2D eigenvalue weighted by Gasteiger charge is 2.36. The van der Waals surface area contributed by atoms with Crippen molar-refractivity contribution in [2.75, 3.05) is 30.4 Å². The van der Waals surface area contributed by atoms with Crippen molar-refractivity contribution < 1.29 is 28.7 Å². The van der Waals surface area contributed by atoms with E-state index in [2.05, 4.69) is 33.2 Å². The molecule has 0 saturated carbocycles. The Labute approximate surface area is 243 Å². The number of nitrogens with zero attached hydrogens (tertiary/aromatic N) is 1. The second-order valence-electron chi connectivity index (χ2n) is 8.15. The van der Waals surface area contributed by atoms with Crippen LogP contribution in [0, 0.1) is 3.57 Å². The molecule has 9 nitrogen and oxygen atoms in total.